The van der Waals surface area contributed by atoms with Crippen molar-refractivity contribution < 1.29 is 14.6 Å². The van der Waals surface area contributed by atoms with Crippen molar-refractivity contribution in [2.24, 2.45) is 0 Å². The molecule has 2 rings (SSSR count). The standard InChI is InChI=1S/C18H22N2O3/c1-23-17-9-7-15(8-10-17)13-19-18(22)20(11-12-21)14-16-5-3-2-4-6-16/h2-10,21H,11-14H2,1H3,(H,19,22). The van der Waals surface area contributed by atoms with Crippen LogP contribution in [0.4, 0.5) is 4.79 Å². The molecule has 0 atom stereocenters. The molecular weight excluding hydrogens is 292 g/mol. The van der Waals surface area contributed by atoms with Gasteiger partial charge in [0, 0.05) is 19.6 Å². The van der Waals surface area contributed by atoms with E-state index in [-0.39, 0.29) is 12.6 Å². The van der Waals surface area contributed by atoms with Crippen molar-refractivity contribution in [1.82, 2.24) is 10.2 Å². The van der Waals surface area contributed by atoms with Crippen molar-refractivity contribution in [3.05, 3.63) is 65.7 Å². The highest BCUT2D eigenvalue weighted by Gasteiger charge is 2.13. The van der Waals surface area contributed by atoms with Crippen LogP contribution in [0, 0.1) is 0 Å². The summed E-state index contributed by atoms with van der Waals surface area (Å²) < 4.78 is 5.11. The van der Waals surface area contributed by atoms with Gasteiger partial charge in [0.05, 0.1) is 13.7 Å². The third kappa shape index (κ3) is 5.30. The molecule has 0 saturated heterocycles. The summed E-state index contributed by atoms with van der Waals surface area (Å²) in [6, 6.07) is 17.1. The van der Waals surface area contributed by atoms with Crippen LogP contribution in [0.2, 0.25) is 0 Å². The van der Waals surface area contributed by atoms with Gasteiger partial charge in [0.2, 0.25) is 0 Å². The van der Waals surface area contributed by atoms with E-state index in [2.05, 4.69) is 5.32 Å². The fraction of sp³-hybridized carbons (Fsp3) is 0.278. The molecule has 0 fully saturated rings. The number of urea groups is 1. The Kier molecular flexibility index (Phi) is 6.44. The lowest BCUT2D eigenvalue weighted by Gasteiger charge is -2.22. The van der Waals surface area contributed by atoms with Crippen molar-refractivity contribution >= 4 is 6.03 Å². The maximum absolute atomic E-state index is 12.3. The fourth-order valence-electron chi connectivity index (χ4n) is 2.21. The van der Waals surface area contributed by atoms with Gasteiger partial charge in [-0.3, -0.25) is 0 Å². The molecule has 5 nitrogen and oxygen atoms in total. The van der Waals surface area contributed by atoms with E-state index in [0.717, 1.165) is 16.9 Å². The van der Waals surface area contributed by atoms with Crippen molar-refractivity contribution in [2.45, 2.75) is 13.1 Å². The number of methoxy groups -OCH3 is 1. The fourth-order valence-corrected chi connectivity index (χ4v) is 2.21. The topological polar surface area (TPSA) is 61.8 Å². The molecule has 0 aromatic heterocycles. The summed E-state index contributed by atoms with van der Waals surface area (Å²) in [5.74, 6) is 0.783. The number of carbonyl (C=O) groups is 1. The van der Waals surface area contributed by atoms with Crippen molar-refractivity contribution in [1.29, 1.82) is 0 Å². The second-order valence-electron chi connectivity index (χ2n) is 5.14. The molecule has 0 radical (unpaired) electrons. The average molecular weight is 314 g/mol. The van der Waals surface area contributed by atoms with E-state index in [1.165, 1.54) is 0 Å². The molecule has 2 amide bonds. The summed E-state index contributed by atoms with van der Waals surface area (Å²) in [5.41, 5.74) is 2.02. The minimum Gasteiger partial charge on any atom is -0.497 e. The lowest BCUT2D eigenvalue weighted by molar-refractivity contribution is 0.173. The third-order valence-electron chi connectivity index (χ3n) is 3.48. The number of rotatable bonds is 7. The molecule has 2 aromatic rings. The van der Waals surface area contributed by atoms with Crippen LogP contribution in [0.15, 0.2) is 54.6 Å². The first-order valence-corrected chi connectivity index (χ1v) is 7.53. The first-order chi connectivity index (χ1) is 11.2. The molecule has 0 aliphatic carbocycles. The van der Waals surface area contributed by atoms with E-state index in [9.17, 15) is 9.90 Å². The Morgan fingerprint density at radius 1 is 1.09 bits per heavy atom. The van der Waals surface area contributed by atoms with E-state index in [4.69, 9.17) is 4.74 Å². The van der Waals surface area contributed by atoms with Gasteiger partial charge in [0.1, 0.15) is 5.75 Å². The van der Waals surface area contributed by atoms with Gasteiger partial charge in [-0.2, -0.15) is 0 Å². The molecule has 5 heteroatoms. The van der Waals surface area contributed by atoms with Gasteiger partial charge in [-0.15, -0.1) is 0 Å². The lowest BCUT2D eigenvalue weighted by atomic mass is 10.2. The predicted molar refractivity (Wildman–Crippen MR) is 89.2 cm³/mol. The number of hydrogen-bond donors (Lipinski definition) is 2. The van der Waals surface area contributed by atoms with Gasteiger partial charge in [-0.1, -0.05) is 42.5 Å². The molecular formula is C18H22N2O3. The largest absolute Gasteiger partial charge is 0.497 e. The number of benzene rings is 2. The molecule has 0 bridgehead atoms. The maximum atomic E-state index is 12.3. The van der Waals surface area contributed by atoms with E-state index in [1.807, 2.05) is 54.6 Å². The highest BCUT2D eigenvalue weighted by atomic mass is 16.5. The van der Waals surface area contributed by atoms with Crippen LogP contribution >= 0.6 is 0 Å². The number of aliphatic hydroxyl groups excluding tert-OH is 1. The Labute approximate surface area is 136 Å². The van der Waals surface area contributed by atoms with Crippen LogP contribution in [-0.2, 0) is 13.1 Å². The Morgan fingerprint density at radius 2 is 1.78 bits per heavy atom. The smallest absolute Gasteiger partial charge is 0.318 e. The molecule has 0 spiro atoms. The molecule has 0 aliphatic heterocycles. The van der Waals surface area contributed by atoms with Crippen LogP contribution in [0.1, 0.15) is 11.1 Å². The second-order valence-corrected chi connectivity index (χ2v) is 5.14. The van der Waals surface area contributed by atoms with Crippen LogP contribution in [-0.4, -0.2) is 36.3 Å². The van der Waals surface area contributed by atoms with Crippen LogP contribution in [0.3, 0.4) is 0 Å². The van der Waals surface area contributed by atoms with Crippen LogP contribution < -0.4 is 10.1 Å². The van der Waals surface area contributed by atoms with Gasteiger partial charge >= 0.3 is 6.03 Å². The maximum Gasteiger partial charge on any atom is 0.318 e. The minimum absolute atomic E-state index is 0.0667. The zero-order valence-corrected chi connectivity index (χ0v) is 13.2. The van der Waals surface area contributed by atoms with Crippen molar-refractivity contribution in [3.63, 3.8) is 0 Å². The summed E-state index contributed by atoms with van der Waals surface area (Å²) in [5, 5.41) is 12.0. The normalized spacial score (nSPS) is 10.2. The highest BCUT2D eigenvalue weighted by Crippen LogP contribution is 2.11. The molecule has 23 heavy (non-hydrogen) atoms. The predicted octanol–water partition coefficient (Wildman–Crippen LogP) is 2.40. The summed E-state index contributed by atoms with van der Waals surface area (Å²) in [6.07, 6.45) is 0. The van der Waals surface area contributed by atoms with Crippen molar-refractivity contribution in [2.75, 3.05) is 20.3 Å². The molecule has 2 aromatic carbocycles. The Balaban J connectivity index is 1.92. The summed E-state index contributed by atoms with van der Waals surface area (Å²) in [4.78, 5) is 13.9. The van der Waals surface area contributed by atoms with Crippen LogP contribution in [0.25, 0.3) is 0 Å². The number of aliphatic hydroxyl groups is 1. The Bertz CT molecular complexity index is 599. The Hall–Kier alpha value is -2.53. The van der Waals surface area contributed by atoms with E-state index < -0.39 is 0 Å². The van der Waals surface area contributed by atoms with Crippen LogP contribution in [0.5, 0.6) is 5.75 Å². The summed E-state index contributed by atoms with van der Waals surface area (Å²) in [7, 11) is 1.62. The first-order valence-electron chi connectivity index (χ1n) is 7.53. The zero-order chi connectivity index (χ0) is 16.5. The highest BCUT2D eigenvalue weighted by molar-refractivity contribution is 5.74. The number of amides is 2. The van der Waals surface area contributed by atoms with Gasteiger partial charge in [-0.05, 0) is 23.3 Å². The molecule has 2 N–H and O–H groups in total. The monoisotopic (exact) mass is 314 g/mol. The summed E-state index contributed by atoms with van der Waals surface area (Å²) in [6.45, 7) is 1.13. The number of ether oxygens (including phenoxy) is 1. The quantitative estimate of drug-likeness (QED) is 0.825. The van der Waals surface area contributed by atoms with Gasteiger partial charge in [0.25, 0.3) is 0 Å². The molecule has 0 heterocycles. The Morgan fingerprint density at radius 3 is 2.39 bits per heavy atom. The van der Waals surface area contributed by atoms with Gasteiger partial charge < -0.3 is 20.1 Å². The first kappa shape index (κ1) is 16.8. The molecule has 0 aliphatic rings. The number of nitrogens with zero attached hydrogens (tertiary/aromatic N) is 1. The van der Waals surface area contributed by atoms with E-state index >= 15 is 0 Å². The van der Waals surface area contributed by atoms with E-state index in [0.29, 0.717) is 19.6 Å². The van der Waals surface area contributed by atoms with Gasteiger partial charge in [-0.25, -0.2) is 4.79 Å². The minimum atomic E-state index is -0.196. The second kappa shape index (κ2) is 8.80. The average Bonchev–Trinajstić information content (AvgIpc) is 2.60. The number of nitrogens with one attached hydrogen (secondary N) is 1. The van der Waals surface area contributed by atoms with Gasteiger partial charge in [0.15, 0.2) is 0 Å². The third-order valence-corrected chi connectivity index (χ3v) is 3.48. The molecule has 0 saturated carbocycles. The van der Waals surface area contributed by atoms with E-state index in [1.54, 1.807) is 12.0 Å². The molecule has 0 unspecified atom stereocenters. The summed E-state index contributed by atoms with van der Waals surface area (Å²) >= 11 is 0. The molecule has 122 valence electrons. The number of carbonyl (C=O) groups excluding carboxylic acids is 1. The lowest BCUT2D eigenvalue weighted by Crippen LogP contribution is -2.40. The number of hydrogen-bond acceptors (Lipinski definition) is 3. The SMILES string of the molecule is COc1ccc(CNC(=O)N(CCO)Cc2ccccc2)cc1. The zero-order valence-electron chi connectivity index (χ0n) is 13.2. The van der Waals surface area contributed by atoms with Crippen molar-refractivity contribution in [3.8, 4) is 5.75 Å².